The van der Waals surface area contributed by atoms with Gasteiger partial charge in [0.05, 0.1) is 12.2 Å². The van der Waals surface area contributed by atoms with Crippen LogP contribution in [-0.2, 0) is 4.74 Å². The lowest BCUT2D eigenvalue weighted by Gasteiger charge is -2.23. The zero-order valence-corrected chi connectivity index (χ0v) is 18.0. The van der Waals surface area contributed by atoms with Crippen LogP contribution >= 0.6 is 11.6 Å². The van der Waals surface area contributed by atoms with Crippen molar-refractivity contribution in [3.8, 4) is 0 Å². The summed E-state index contributed by atoms with van der Waals surface area (Å²) in [4.78, 5) is 26.9. The number of nitrogens with zero attached hydrogens (tertiary/aromatic N) is 4. The van der Waals surface area contributed by atoms with Crippen molar-refractivity contribution in [3.63, 3.8) is 0 Å². The molecule has 0 bridgehead atoms. The molecule has 0 aliphatic heterocycles. The first-order valence-electron chi connectivity index (χ1n) is 10.00. The number of halogens is 1. The number of carbonyl (C=O) groups is 1. The van der Waals surface area contributed by atoms with E-state index in [-0.39, 0.29) is 17.2 Å². The molecule has 8 heteroatoms. The lowest BCUT2D eigenvalue weighted by molar-refractivity contribution is 0.0526. The van der Waals surface area contributed by atoms with E-state index in [9.17, 15) is 4.79 Å². The van der Waals surface area contributed by atoms with E-state index in [4.69, 9.17) is 16.3 Å². The molecule has 0 aliphatic rings. The lowest BCUT2D eigenvalue weighted by Crippen LogP contribution is -2.15. The van der Waals surface area contributed by atoms with Gasteiger partial charge in [-0.15, -0.1) is 0 Å². The predicted molar refractivity (Wildman–Crippen MR) is 125 cm³/mol. The highest BCUT2D eigenvalue weighted by atomic mass is 35.5. The smallest absolute Gasteiger partial charge is 0.338 e. The molecule has 1 N–H and O–H groups in total. The van der Waals surface area contributed by atoms with Crippen molar-refractivity contribution in [1.82, 2.24) is 15.0 Å². The second-order valence-electron chi connectivity index (χ2n) is 6.66. The fourth-order valence-corrected chi connectivity index (χ4v) is 3.22. The highest BCUT2D eigenvalue weighted by Crippen LogP contribution is 2.32. The highest BCUT2D eigenvalue weighted by Gasteiger charge is 2.17. The summed E-state index contributed by atoms with van der Waals surface area (Å²) in [6, 6.07) is 26.4. The zero-order chi connectivity index (χ0) is 22.3. The SMILES string of the molecule is CCOC(=O)c1ccc(Nc2nc(Cl)nc(N(c3ccccc3)c3ccccc3)n2)cc1. The number of nitrogens with one attached hydrogen (secondary N) is 1. The molecule has 3 aromatic carbocycles. The number of benzene rings is 3. The topological polar surface area (TPSA) is 80.2 Å². The number of hydrogen-bond donors (Lipinski definition) is 1. The largest absolute Gasteiger partial charge is 0.462 e. The van der Waals surface area contributed by atoms with E-state index in [1.54, 1.807) is 31.2 Å². The summed E-state index contributed by atoms with van der Waals surface area (Å²) in [5.74, 6) is 0.277. The Morgan fingerprint density at radius 2 is 1.47 bits per heavy atom. The second kappa shape index (κ2) is 9.89. The maximum absolute atomic E-state index is 11.8. The van der Waals surface area contributed by atoms with Crippen LogP contribution in [-0.4, -0.2) is 27.5 Å². The third-order valence-corrected chi connectivity index (χ3v) is 4.65. The summed E-state index contributed by atoms with van der Waals surface area (Å²) < 4.78 is 5.01. The number of hydrogen-bond acceptors (Lipinski definition) is 7. The first kappa shape index (κ1) is 21.3. The Morgan fingerprint density at radius 1 is 0.875 bits per heavy atom. The molecule has 0 saturated heterocycles. The molecule has 4 aromatic rings. The van der Waals surface area contributed by atoms with Gasteiger partial charge in [0.1, 0.15) is 0 Å². The van der Waals surface area contributed by atoms with Gasteiger partial charge in [0.25, 0.3) is 0 Å². The van der Waals surface area contributed by atoms with Crippen molar-refractivity contribution in [2.75, 3.05) is 16.8 Å². The van der Waals surface area contributed by atoms with Crippen LogP contribution in [0.2, 0.25) is 5.28 Å². The molecular weight excluding hydrogens is 426 g/mol. The molecule has 0 saturated carbocycles. The minimum absolute atomic E-state index is 0.0532. The molecule has 0 fully saturated rings. The third-order valence-electron chi connectivity index (χ3n) is 4.48. The molecule has 32 heavy (non-hydrogen) atoms. The predicted octanol–water partition coefficient (Wildman–Crippen LogP) is 5.92. The standard InChI is InChI=1S/C24H20ClN5O2/c1-2-32-21(31)17-13-15-18(16-14-17)26-23-27-22(25)28-24(29-23)30(19-9-5-3-6-10-19)20-11-7-4-8-12-20/h3-16H,2H2,1H3,(H,26,27,28,29). The normalized spacial score (nSPS) is 10.4. The van der Waals surface area contributed by atoms with E-state index in [1.165, 1.54) is 0 Å². The second-order valence-corrected chi connectivity index (χ2v) is 7.00. The summed E-state index contributed by atoms with van der Waals surface area (Å²) in [7, 11) is 0. The Labute approximate surface area is 190 Å². The van der Waals surface area contributed by atoms with Crippen molar-refractivity contribution < 1.29 is 9.53 Å². The maximum atomic E-state index is 11.8. The van der Waals surface area contributed by atoms with E-state index >= 15 is 0 Å². The number of esters is 1. The molecule has 1 heterocycles. The summed E-state index contributed by atoms with van der Waals surface area (Å²) >= 11 is 6.25. The number of anilines is 5. The van der Waals surface area contributed by atoms with Crippen LogP contribution in [0.5, 0.6) is 0 Å². The fourth-order valence-electron chi connectivity index (χ4n) is 3.06. The summed E-state index contributed by atoms with van der Waals surface area (Å²) in [6.45, 7) is 2.09. The van der Waals surface area contributed by atoms with Crippen molar-refractivity contribution >= 4 is 46.5 Å². The van der Waals surface area contributed by atoms with Gasteiger partial charge in [0.2, 0.25) is 17.2 Å². The quantitative estimate of drug-likeness (QED) is 0.354. The molecule has 0 spiro atoms. The van der Waals surface area contributed by atoms with Gasteiger partial charge in [-0.25, -0.2) is 4.79 Å². The molecule has 0 unspecified atom stereocenters. The Morgan fingerprint density at radius 3 is 2.03 bits per heavy atom. The molecule has 0 amide bonds. The van der Waals surface area contributed by atoms with Crippen molar-refractivity contribution in [1.29, 1.82) is 0 Å². The number of para-hydroxylation sites is 2. The monoisotopic (exact) mass is 445 g/mol. The molecular formula is C24H20ClN5O2. The molecule has 7 nitrogen and oxygen atoms in total. The third kappa shape index (κ3) is 5.01. The molecule has 4 rings (SSSR count). The van der Waals surface area contributed by atoms with E-state index in [0.717, 1.165) is 11.4 Å². The number of carbonyl (C=O) groups excluding carboxylic acids is 1. The molecule has 0 atom stereocenters. The Hall–Kier alpha value is -3.97. The summed E-state index contributed by atoms with van der Waals surface area (Å²) in [6.07, 6.45) is 0. The van der Waals surface area contributed by atoms with Crippen molar-refractivity contribution in [2.45, 2.75) is 6.92 Å². The van der Waals surface area contributed by atoms with Gasteiger partial charge >= 0.3 is 5.97 Å². The van der Waals surface area contributed by atoms with E-state index in [1.807, 2.05) is 65.6 Å². The summed E-state index contributed by atoms with van der Waals surface area (Å²) in [5, 5.41) is 3.17. The zero-order valence-electron chi connectivity index (χ0n) is 17.3. The molecule has 0 radical (unpaired) electrons. The van der Waals surface area contributed by atoms with Gasteiger partial charge in [0.15, 0.2) is 0 Å². The Bertz CT molecular complexity index is 1150. The van der Waals surface area contributed by atoms with Crippen molar-refractivity contribution in [3.05, 3.63) is 95.8 Å². The van der Waals surface area contributed by atoms with Crippen LogP contribution < -0.4 is 10.2 Å². The highest BCUT2D eigenvalue weighted by molar-refractivity contribution is 6.28. The van der Waals surface area contributed by atoms with Gasteiger partial charge in [-0.05, 0) is 67.1 Å². The first-order chi connectivity index (χ1) is 15.6. The Kier molecular flexibility index (Phi) is 6.57. The van der Waals surface area contributed by atoms with Crippen LogP contribution in [0.3, 0.4) is 0 Å². The van der Waals surface area contributed by atoms with E-state index in [2.05, 4.69) is 20.3 Å². The van der Waals surface area contributed by atoms with Gasteiger partial charge in [0, 0.05) is 17.1 Å². The average Bonchev–Trinajstić information content (AvgIpc) is 2.81. The minimum atomic E-state index is -0.370. The van der Waals surface area contributed by atoms with E-state index in [0.29, 0.717) is 23.8 Å². The Balaban J connectivity index is 1.66. The van der Waals surface area contributed by atoms with Crippen LogP contribution in [0, 0.1) is 0 Å². The van der Waals surface area contributed by atoms with Crippen molar-refractivity contribution in [2.24, 2.45) is 0 Å². The van der Waals surface area contributed by atoms with Crippen LogP contribution in [0.15, 0.2) is 84.9 Å². The van der Waals surface area contributed by atoms with Gasteiger partial charge in [-0.3, -0.25) is 4.90 Å². The molecule has 160 valence electrons. The van der Waals surface area contributed by atoms with Gasteiger partial charge < -0.3 is 10.1 Å². The number of aromatic nitrogens is 3. The average molecular weight is 446 g/mol. The molecule has 1 aromatic heterocycles. The van der Waals surface area contributed by atoms with Crippen LogP contribution in [0.1, 0.15) is 17.3 Å². The van der Waals surface area contributed by atoms with Gasteiger partial charge in [-0.1, -0.05) is 36.4 Å². The minimum Gasteiger partial charge on any atom is -0.462 e. The van der Waals surface area contributed by atoms with Gasteiger partial charge in [-0.2, -0.15) is 15.0 Å². The molecule has 0 aliphatic carbocycles. The van der Waals surface area contributed by atoms with Crippen LogP contribution in [0.4, 0.5) is 29.0 Å². The lowest BCUT2D eigenvalue weighted by atomic mass is 10.2. The first-order valence-corrected chi connectivity index (χ1v) is 10.4. The number of rotatable bonds is 7. The number of ether oxygens (including phenoxy) is 1. The maximum Gasteiger partial charge on any atom is 0.338 e. The summed E-state index contributed by atoms with van der Waals surface area (Å²) in [5.41, 5.74) is 2.92. The van der Waals surface area contributed by atoms with E-state index < -0.39 is 0 Å². The van der Waals surface area contributed by atoms with Crippen LogP contribution in [0.25, 0.3) is 0 Å². The fraction of sp³-hybridized carbons (Fsp3) is 0.0833.